The number of nitrogens with one attached hydrogen (secondary N) is 1. The van der Waals surface area contributed by atoms with Crippen LogP contribution in [0.2, 0.25) is 10.0 Å². The Morgan fingerprint density at radius 1 is 1.19 bits per heavy atom. The highest BCUT2D eigenvalue weighted by molar-refractivity contribution is 6.35. The molecule has 1 aromatic heterocycles. The molecule has 0 radical (unpaired) electrons. The van der Waals surface area contributed by atoms with Crippen molar-refractivity contribution in [2.24, 2.45) is 5.92 Å². The summed E-state index contributed by atoms with van der Waals surface area (Å²) in [4.78, 5) is 4.28. The summed E-state index contributed by atoms with van der Waals surface area (Å²) >= 11 is 12.0. The third kappa shape index (κ3) is 5.29. The van der Waals surface area contributed by atoms with Crippen molar-refractivity contribution in [3.05, 3.63) is 63.9 Å². The lowest BCUT2D eigenvalue weighted by atomic mass is 10.0. The van der Waals surface area contributed by atoms with E-state index in [0.717, 1.165) is 17.7 Å². The molecule has 1 unspecified atom stereocenters. The molecule has 2 rings (SSSR count). The molecule has 1 heterocycles. The van der Waals surface area contributed by atoms with Crippen LogP contribution in [0.1, 0.15) is 11.3 Å². The Morgan fingerprint density at radius 2 is 2.05 bits per heavy atom. The summed E-state index contributed by atoms with van der Waals surface area (Å²) < 4.78 is 0. The minimum atomic E-state index is 0.123. The van der Waals surface area contributed by atoms with Crippen LogP contribution in [-0.4, -0.2) is 23.2 Å². The zero-order valence-corrected chi connectivity index (χ0v) is 13.1. The first-order chi connectivity index (χ1) is 10.2. The summed E-state index contributed by atoms with van der Waals surface area (Å²) in [7, 11) is 0. The molecule has 0 aliphatic rings. The van der Waals surface area contributed by atoms with Crippen molar-refractivity contribution in [2.75, 3.05) is 13.2 Å². The number of aliphatic hydroxyl groups is 1. The first-order valence-electron chi connectivity index (χ1n) is 6.84. The van der Waals surface area contributed by atoms with Gasteiger partial charge in [-0.2, -0.15) is 0 Å². The highest BCUT2D eigenvalue weighted by Crippen LogP contribution is 2.20. The van der Waals surface area contributed by atoms with Crippen LogP contribution in [-0.2, 0) is 13.0 Å². The lowest BCUT2D eigenvalue weighted by molar-refractivity contribution is 0.220. The zero-order valence-electron chi connectivity index (χ0n) is 11.6. The second kappa shape index (κ2) is 8.35. The summed E-state index contributed by atoms with van der Waals surface area (Å²) in [5.74, 6) is 0.131. The fraction of sp³-hybridized carbons (Fsp3) is 0.312. The van der Waals surface area contributed by atoms with Crippen LogP contribution < -0.4 is 5.32 Å². The summed E-state index contributed by atoms with van der Waals surface area (Å²) in [6, 6.07) is 11.3. The highest BCUT2D eigenvalue weighted by Gasteiger charge is 2.09. The lowest BCUT2D eigenvalue weighted by Crippen LogP contribution is -2.26. The van der Waals surface area contributed by atoms with E-state index in [9.17, 15) is 5.11 Å². The molecule has 2 N–H and O–H groups in total. The topological polar surface area (TPSA) is 45.1 Å². The minimum absolute atomic E-state index is 0.123. The van der Waals surface area contributed by atoms with Gasteiger partial charge in [-0.1, -0.05) is 35.3 Å². The molecule has 112 valence electrons. The molecule has 2 aromatic rings. The predicted octanol–water partition coefficient (Wildman–Crippen LogP) is 3.33. The van der Waals surface area contributed by atoms with Gasteiger partial charge < -0.3 is 10.4 Å². The normalized spacial score (nSPS) is 12.3. The fourth-order valence-corrected chi connectivity index (χ4v) is 2.57. The maximum absolute atomic E-state index is 9.46. The van der Waals surface area contributed by atoms with Gasteiger partial charge in [0.25, 0.3) is 0 Å². The van der Waals surface area contributed by atoms with E-state index in [4.69, 9.17) is 23.2 Å². The molecule has 0 bridgehead atoms. The molecule has 1 aromatic carbocycles. The number of rotatable bonds is 7. The molecule has 0 spiro atoms. The van der Waals surface area contributed by atoms with Crippen LogP contribution >= 0.6 is 23.2 Å². The maximum Gasteiger partial charge on any atom is 0.0475 e. The summed E-state index contributed by atoms with van der Waals surface area (Å²) in [6.45, 7) is 1.47. The Kier molecular flexibility index (Phi) is 6.46. The monoisotopic (exact) mass is 324 g/mol. The molecule has 0 saturated heterocycles. The van der Waals surface area contributed by atoms with Gasteiger partial charge in [-0.25, -0.2) is 0 Å². The standard InChI is InChI=1S/C16H18Cl2N2O/c17-14-5-4-13(16(18)8-14)10-19-9-12(11-21)7-15-3-1-2-6-20-15/h1-6,8,12,19,21H,7,9-11H2. The Hall–Kier alpha value is -1.13. The highest BCUT2D eigenvalue weighted by atomic mass is 35.5. The molecule has 0 aliphatic heterocycles. The van der Waals surface area contributed by atoms with Gasteiger partial charge in [0, 0.05) is 41.6 Å². The van der Waals surface area contributed by atoms with Gasteiger partial charge in [-0.05, 0) is 42.2 Å². The quantitative estimate of drug-likeness (QED) is 0.821. The third-order valence-corrected chi connectivity index (χ3v) is 3.83. The van der Waals surface area contributed by atoms with Crippen LogP contribution in [0, 0.1) is 5.92 Å². The summed E-state index contributed by atoms with van der Waals surface area (Å²) in [5.41, 5.74) is 1.98. The number of aliphatic hydroxyl groups excluding tert-OH is 1. The minimum Gasteiger partial charge on any atom is -0.396 e. The van der Waals surface area contributed by atoms with E-state index in [1.54, 1.807) is 12.3 Å². The number of pyridine rings is 1. The van der Waals surface area contributed by atoms with E-state index in [0.29, 0.717) is 23.1 Å². The zero-order chi connectivity index (χ0) is 15.1. The number of benzene rings is 1. The van der Waals surface area contributed by atoms with E-state index >= 15 is 0 Å². The third-order valence-electron chi connectivity index (χ3n) is 3.25. The van der Waals surface area contributed by atoms with Crippen LogP contribution in [0.15, 0.2) is 42.6 Å². The van der Waals surface area contributed by atoms with Gasteiger partial charge in [0.05, 0.1) is 0 Å². The molecule has 21 heavy (non-hydrogen) atoms. The first kappa shape index (κ1) is 16.2. The van der Waals surface area contributed by atoms with Gasteiger partial charge in [0.15, 0.2) is 0 Å². The molecule has 5 heteroatoms. The van der Waals surface area contributed by atoms with Crippen LogP contribution in [0.3, 0.4) is 0 Å². The largest absolute Gasteiger partial charge is 0.396 e. The molecular formula is C16H18Cl2N2O. The number of nitrogens with zero attached hydrogens (tertiary/aromatic N) is 1. The Morgan fingerprint density at radius 3 is 2.71 bits per heavy atom. The van der Waals surface area contributed by atoms with Crippen molar-refractivity contribution in [1.82, 2.24) is 10.3 Å². The number of hydrogen-bond acceptors (Lipinski definition) is 3. The molecule has 3 nitrogen and oxygen atoms in total. The smallest absolute Gasteiger partial charge is 0.0475 e. The van der Waals surface area contributed by atoms with Crippen molar-refractivity contribution in [3.63, 3.8) is 0 Å². The summed E-state index contributed by atoms with van der Waals surface area (Å²) in [5, 5.41) is 14.1. The SMILES string of the molecule is OCC(CNCc1ccc(Cl)cc1Cl)Cc1ccccn1. The average molecular weight is 325 g/mol. The van der Waals surface area contributed by atoms with Crippen molar-refractivity contribution in [3.8, 4) is 0 Å². The van der Waals surface area contributed by atoms with Crippen molar-refractivity contribution in [1.29, 1.82) is 0 Å². The molecule has 0 fully saturated rings. The average Bonchev–Trinajstić information content (AvgIpc) is 2.49. The maximum atomic E-state index is 9.46. The molecular weight excluding hydrogens is 307 g/mol. The molecule has 0 amide bonds. The second-order valence-electron chi connectivity index (χ2n) is 4.94. The van der Waals surface area contributed by atoms with Gasteiger partial charge in [0.1, 0.15) is 0 Å². The Balaban J connectivity index is 1.83. The molecule has 1 atom stereocenters. The summed E-state index contributed by atoms with van der Waals surface area (Å²) in [6.07, 6.45) is 2.52. The number of aromatic nitrogens is 1. The Labute approximate surface area is 134 Å². The number of halogens is 2. The van der Waals surface area contributed by atoms with Crippen LogP contribution in [0.4, 0.5) is 0 Å². The van der Waals surface area contributed by atoms with Gasteiger partial charge in [-0.3, -0.25) is 4.98 Å². The van der Waals surface area contributed by atoms with E-state index in [1.807, 2.05) is 30.3 Å². The lowest BCUT2D eigenvalue weighted by Gasteiger charge is -2.15. The van der Waals surface area contributed by atoms with Crippen molar-refractivity contribution < 1.29 is 5.11 Å². The van der Waals surface area contributed by atoms with E-state index in [-0.39, 0.29) is 12.5 Å². The Bertz CT molecular complexity index is 563. The first-order valence-corrected chi connectivity index (χ1v) is 7.60. The van der Waals surface area contributed by atoms with Gasteiger partial charge in [0.2, 0.25) is 0 Å². The van der Waals surface area contributed by atoms with E-state index in [1.165, 1.54) is 0 Å². The van der Waals surface area contributed by atoms with Crippen molar-refractivity contribution in [2.45, 2.75) is 13.0 Å². The molecule has 0 saturated carbocycles. The second-order valence-corrected chi connectivity index (χ2v) is 5.78. The number of hydrogen-bond donors (Lipinski definition) is 2. The molecule has 0 aliphatic carbocycles. The predicted molar refractivity (Wildman–Crippen MR) is 86.7 cm³/mol. The van der Waals surface area contributed by atoms with Crippen LogP contribution in [0.5, 0.6) is 0 Å². The van der Waals surface area contributed by atoms with Gasteiger partial charge >= 0.3 is 0 Å². The van der Waals surface area contributed by atoms with Gasteiger partial charge in [-0.15, -0.1) is 0 Å². The van der Waals surface area contributed by atoms with E-state index < -0.39 is 0 Å². The van der Waals surface area contributed by atoms with Crippen LogP contribution in [0.25, 0.3) is 0 Å². The van der Waals surface area contributed by atoms with Crippen molar-refractivity contribution >= 4 is 23.2 Å². The fourth-order valence-electron chi connectivity index (χ4n) is 2.09. The van der Waals surface area contributed by atoms with E-state index in [2.05, 4.69) is 10.3 Å².